The number of carbonyl (C=O) groups is 3. The third kappa shape index (κ3) is 5.38. The van der Waals surface area contributed by atoms with Gasteiger partial charge in [0.05, 0.1) is 17.0 Å². The van der Waals surface area contributed by atoms with E-state index in [0.717, 1.165) is 0 Å². The average molecular weight is 323 g/mol. The van der Waals surface area contributed by atoms with Gasteiger partial charge >= 0.3 is 5.97 Å². The van der Waals surface area contributed by atoms with E-state index in [4.69, 9.17) is 4.74 Å². The van der Waals surface area contributed by atoms with E-state index in [1.807, 2.05) is 0 Å². The first-order chi connectivity index (χ1) is 10.9. The Balaban J connectivity index is 2.57. The fraction of sp³-hybridized carbons (Fsp3) is 0.357. The lowest BCUT2D eigenvalue weighted by Crippen LogP contribution is -2.38. The second kappa shape index (κ2) is 8.47. The first kappa shape index (κ1) is 18.1. The van der Waals surface area contributed by atoms with Crippen molar-refractivity contribution in [3.63, 3.8) is 0 Å². The van der Waals surface area contributed by atoms with Crippen LogP contribution >= 0.6 is 0 Å². The zero-order chi connectivity index (χ0) is 17.4. The van der Waals surface area contributed by atoms with Crippen LogP contribution in [0.25, 0.3) is 0 Å². The van der Waals surface area contributed by atoms with E-state index in [0.29, 0.717) is 6.54 Å². The van der Waals surface area contributed by atoms with Gasteiger partial charge in [-0.1, -0.05) is 6.07 Å². The smallest absolute Gasteiger partial charge is 0.339 e. The summed E-state index contributed by atoms with van der Waals surface area (Å²) in [6.45, 7) is 2.79. The van der Waals surface area contributed by atoms with Gasteiger partial charge in [-0.05, 0) is 19.9 Å². The van der Waals surface area contributed by atoms with Crippen LogP contribution in [0.2, 0.25) is 0 Å². The summed E-state index contributed by atoms with van der Waals surface area (Å²) in [4.78, 5) is 44.7. The summed E-state index contributed by atoms with van der Waals surface area (Å²) in [5.41, 5.74) is -0.0407. The molecule has 9 heteroatoms. The monoisotopic (exact) mass is 323 g/mol. The molecule has 2 amide bonds. The van der Waals surface area contributed by atoms with Crippen LogP contribution in [0.15, 0.2) is 18.2 Å². The van der Waals surface area contributed by atoms with Crippen molar-refractivity contribution in [2.24, 2.45) is 0 Å². The number of nitrogens with one attached hydrogen (secondary N) is 2. The van der Waals surface area contributed by atoms with Crippen molar-refractivity contribution in [2.75, 3.05) is 19.7 Å². The molecule has 124 valence electrons. The molecule has 1 aromatic carbocycles. The molecule has 0 saturated carbocycles. The Bertz CT molecular complexity index is 629. The van der Waals surface area contributed by atoms with Crippen molar-refractivity contribution >= 4 is 23.5 Å². The number of rotatable bonds is 7. The normalized spacial score (nSPS) is 9.83. The summed E-state index contributed by atoms with van der Waals surface area (Å²) < 4.78 is 4.79. The van der Waals surface area contributed by atoms with Gasteiger partial charge < -0.3 is 15.4 Å². The zero-order valence-corrected chi connectivity index (χ0v) is 12.8. The number of hydrogen-bond acceptors (Lipinski definition) is 6. The number of likely N-dealkylation sites (N-methyl/N-ethyl adjacent to an activating group) is 1. The molecule has 0 atom stereocenters. The van der Waals surface area contributed by atoms with Crippen LogP contribution in [0.4, 0.5) is 5.69 Å². The van der Waals surface area contributed by atoms with E-state index < -0.39 is 23.4 Å². The van der Waals surface area contributed by atoms with Crippen LogP contribution in [0.1, 0.15) is 22.8 Å². The Morgan fingerprint density at radius 1 is 1.22 bits per heavy atom. The second-order valence-electron chi connectivity index (χ2n) is 4.51. The van der Waals surface area contributed by atoms with Gasteiger partial charge in [0.25, 0.3) is 11.6 Å². The Morgan fingerprint density at radius 3 is 2.52 bits per heavy atom. The number of amides is 2. The van der Waals surface area contributed by atoms with Gasteiger partial charge in [0.15, 0.2) is 6.61 Å². The van der Waals surface area contributed by atoms with Crippen molar-refractivity contribution in [3.8, 4) is 0 Å². The standard InChI is InChI=1S/C14H17N3O6/c1-3-15-12(18)7-16-13(19)8-23-14(20)10-5-4-6-11(9(10)2)17(21)22/h4-6H,3,7-8H2,1-2H3,(H,15,18)(H,16,19). The molecule has 0 fully saturated rings. The van der Waals surface area contributed by atoms with E-state index >= 15 is 0 Å². The van der Waals surface area contributed by atoms with Crippen LogP contribution in [0, 0.1) is 17.0 Å². The molecule has 0 saturated heterocycles. The summed E-state index contributed by atoms with van der Waals surface area (Å²) in [5, 5.41) is 15.6. The van der Waals surface area contributed by atoms with Crippen LogP contribution < -0.4 is 10.6 Å². The maximum absolute atomic E-state index is 11.9. The van der Waals surface area contributed by atoms with Crippen molar-refractivity contribution in [1.29, 1.82) is 0 Å². The molecule has 0 radical (unpaired) electrons. The molecule has 0 bridgehead atoms. The molecule has 0 heterocycles. The van der Waals surface area contributed by atoms with Crippen LogP contribution in [-0.4, -0.2) is 42.4 Å². The summed E-state index contributed by atoms with van der Waals surface area (Å²) in [7, 11) is 0. The largest absolute Gasteiger partial charge is 0.452 e. The van der Waals surface area contributed by atoms with Gasteiger partial charge in [-0.3, -0.25) is 19.7 Å². The minimum absolute atomic E-state index is 0.00993. The van der Waals surface area contributed by atoms with E-state index in [2.05, 4.69) is 10.6 Å². The molecule has 1 rings (SSSR count). The number of hydrogen-bond donors (Lipinski definition) is 2. The van der Waals surface area contributed by atoms with Crippen molar-refractivity contribution in [2.45, 2.75) is 13.8 Å². The number of esters is 1. The maximum Gasteiger partial charge on any atom is 0.339 e. The first-order valence-electron chi connectivity index (χ1n) is 6.81. The summed E-state index contributed by atoms with van der Waals surface area (Å²) in [6.07, 6.45) is 0. The highest BCUT2D eigenvalue weighted by atomic mass is 16.6. The van der Waals surface area contributed by atoms with Gasteiger partial charge in [-0.2, -0.15) is 0 Å². The molecule has 0 aliphatic rings. The Morgan fingerprint density at radius 2 is 1.91 bits per heavy atom. The molecule has 0 aliphatic heterocycles. The van der Waals surface area contributed by atoms with Crippen molar-refractivity contribution in [3.05, 3.63) is 39.4 Å². The minimum Gasteiger partial charge on any atom is -0.452 e. The molecule has 23 heavy (non-hydrogen) atoms. The minimum atomic E-state index is -0.848. The number of ether oxygens (including phenoxy) is 1. The average Bonchev–Trinajstić information content (AvgIpc) is 2.50. The highest BCUT2D eigenvalue weighted by Gasteiger charge is 2.19. The van der Waals surface area contributed by atoms with Gasteiger partial charge in [-0.25, -0.2) is 4.79 Å². The van der Waals surface area contributed by atoms with Gasteiger partial charge in [0.1, 0.15) is 0 Å². The predicted molar refractivity (Wildman–Crippen MR) is 79.8 cm³/mol. The Labute approximate surface area is 132 Å². The molecule has 2 N–H and O–H groups in total. The molecular formula is C14H17N3O6. The molecule has 0 aliphatic carbocycles. The molecule has 0 spiro atoms. The maximum atomic E-state index is 11.9. The van der Waals surface area contributed by atoms with Crippen LogP contribution in [-0.2, 0) is 14.3 Å². The lowest BCUT2D eigenvalue weighted by atomic mass is 10.1. The fourth-order valence-corrected chi connectivity index (χ4v) is 1.74. The Hall–Kier alpha value is -2.97. The molecule has 1 aromatic rings. The van der Waals surface area contributed by atoms with Crippen LogP contribution in [0.3, 0.4) is 0 Å². The van der Waals surface area contributed by atoms with Gasteiger partial charge in [-0.15, -0.1) is 0 Å². The topological polar surface area (TPSA) is 128 Å². The molecule has 0 aromatic heterocycles. The summed E-state index contributed by atoms with van der Waals surface area (Å²) in [5.74, 6) is -1.85. The highest BCUT2D eigenvalue weighted by molar-refractivity contribution is 5.94. The first-order valence-corrected chi connectivity index (χ1v) is 6.81. The SMILES string of the molecule is CCNC(=O)CNC(=O)COC(=O)c1cccc([N+](=O)[O-])c1C. The lowest BCUT2D eigenvalue weighted by molar-refractivity contribution is -0.385. The van der Waals surface area contributed by atoms with Gasteiger partial charge in [0.2, 0.25) is 5.91 Å². The molecule has 9 nitrogen and oxygen atoms in total. The molecular weight excluding hydrogens is 306 g/mol. The summed E-state index contributed by atoms with van der Waals surface area (Å²) >= 11 is 0. The number of nitro benzene ring substituents is 1. The number of nitrogens with zero attached hydrogens (tertiary/aromatic N) is 1. The van der Waals surface area contributed by atoms with E-state index in [1.165, 1.54) is 25.1 Å². The zero-order valence-electron chi connectivity index (χ0n) is 12.8. The number of nitro groups is 1. The van der Waals surface area contributed by atoms with E-state index in [1.54, 1.807) is 6.92 Å². The third-order valence-corrected chi connectivity index (χ3v) is 2.88. The quantitative estimate of drug-likeness (QED) is 0.422. The number of benzene rings is 1. The van der Waals surface area contributed by atoms with Crippen molar-refractivity contribution in [1.82, 2.24) is 10.6 Å². The van der Waals surface area contributed by atoms with Crippen LogP contribution in [0.5, 0.6) is 0 Å². The summed E-state index contributed by atoms with van der Waals surface area (Å²) in [6, 6.07) is 4.00. The molecule has 0 unspecified atom stereocenters. The van der Waals surface area contributed by atoms with Crippen molar-refractivity contribution < 1.29 is 24.0 Å². The Kier molecular flexibility index (Phi) is 6.66. The fourth-order valence-electron chi connectivity index (χ4n) is 1.74. The lowest BCUT2D eigenvalue weighted by Gasteiger charge is -2.08. The number of carbonyl (C=O) groups excluding carboxylic acids is 3. The highest BCUT2D eigenvalue weighted by Crippen LogP contribution is 2.21. The second-order valence-corrected chi connectivity index (χ2v) is 4.51. The van der Waals surface area contributed by atoms with E-state index in [-0.39, 0.29) is 29.3 Å². The van der Waals surface area contributed by atoms with E-state index in [9.17, 15) is 24.5 Å². The van der Waals surface area contributed by atoms with Gasteiger partial charge in [0, 0.05) is 18.2 Å². The third-order valence-electron chi connectivity index (χ3n) is 2.88. The predicted octanol–water partition coefficient (Wildman–Crippen LogP) is 0.312.